The van der Waals surface area contributed by atoms with E-state index >= 15 is 0 Å². The molecule has 0 bridgehead atoms. The van der Waals surface area contributed by atoms with Crippen LogP contribution in [0.3, 0.4) is 0 Å². The summed E-state index contributed by atoms with van der Waals surface area (Å²) in [6.07, 6.45) is 0. The summed E-state index contributed by atoms with van der Waals surface area (Å²) in [4.78, 5) is 10.8. The molecule has 2 aromatic heterocycles. The lowest BCUT2D eigenvalue weighted by atomic mass is 10.1. The van der Waals surface area contributed by atoms with E-state index in [0.29, 0.717) is 11.5 Å². The van der Waals surface area contributed by atoms with E-state index in [4.69, 9.17) is 9.97 Å². The van der Waals surface area contributed by atoms with Crippen molar-refractivity contribution in [1.29, 1.82) is 5.26 Å². The largest absolute Gasteiger partial charge is 0.278 e. The highest BCUT2D eigenvalue weighted by Gasteiger charge is 2.42. The highest BCUT2D eigenvalue weighted by atomic mass is 28.3. The molecule has 11 rings (SSSR count). The van der Waals surface area contributed by atoms with Gasteiger partial charge in [0.1, 0.15) is 0 Å². The molecular formula is C59H40N4Si. The highest BCUT2D eigenvalue weighted by molar-refractivity contribution is 7.20. The van der Waals surface area contributed by atoms with Crippen LogP contribution in [0.2, 0.25) is 0 Å². The van der Waals surface area contributed by atoms with Gasteiger partial charge < -0.3 is 0 Å². The van der Waals surface area contributed by atoms with E-state index < -0.39 is 8.07 Å². The SMILES string of the molecule is N#Cc1ccc2c(c1)c1ccccc1n2-c1nc(-c2ccccc2)cc(-c2cccc([Si](c3ccccc3)(c3cccc(-c4ccccc4)c3)c3cccc(-c4ccccc4)c3)c2)n1. The minimum atomic E-state index is -3.09. The van der Waals surface area contributed by atoms with Gasteiger partial charge in [0.25, 0.3) is 0 Å². The topological polar surface area (TPSA) is 54.5 Å². The Morgan fingerprint density at radius 3 is 1.36 bits per heavy atom. The van der Waals surface area contributed by atoms with Crippen molar-refractivity contribution in [2.24, 2.45) is 0 Å². The van der Waals surface area contributed by atoms with E-state index in [9.17, 15) is 5.26 Å². The Kier molecular flexibility index (Phi) is 9.89. The normalized spacial score (nSPS) is 11.4. The average Bonchev–Trinajstić information content (AvgIpc) is 3.71. The van der Waals surface area contributed by atoms with Crippen LogP contribution in [0.25, 0.3) is 72.5 Å². The monoisotopic (exact) mass is 832 g/mol. The third kappa shape index (κ3) is 6.80. The van der Waals surface area contributed by atoms with Crippen molar-refractivity contribution < 1.29 is 0 Å². The van der Waals surface area contributed by atoms with E-state index in [0.717, 1.165) is 44.3 Å². The second-order valence-electron chi connectivity index (χ2n) is 16.1. The molecule has 9 aromatic carbocycles. The minimum absolute atomic E-state index is 0.565. The van der Waals surface area contributed by atoms with Crippen LogP contribution in [0, 0.1) is 11.3 Å². The molecule has 0 aliphatic heterocycles. The first kappa shape index (κ1) is 38.5. The van der Waals surface area contributed by atoms with Crippen LogP contribution < -0.4 is 20.7 Å². The Bertz CT molecular complexity index is 3420. The summed E-state index contributed by atoms with van der Waals surface area (Å²) in [5.41, 5.74) is 10.9. The maximum absolute atomic E-state index is 9.87. The molecule has 0 saturated carbocycles. The van der Waals surface area contributed by atoms with Gasteiger partial charge in [-0.15, -0.1) is 0 Å². The van der Waals surface area contributed by atoms with Gasteiger partial charge in [-0.05, 0) is 73.3 Å². The van der Waals surface area contributed by atoms with E-state index in [1.807, 2.05) is 48.5 Å². The molecule has 2 heterocycles. The van der Waals surface area contributed by atoms with Gasteiger partial charge in [-0.2, -0.15) is 5.26 Å². The smallest absolute Gasteiger partial charge is 0.235 e. The fourth-order valence-electron chi connectivity index (χ4n) is 9.42. The van der Waals surface area contributed by atoms with Crippen LogP contribution in [0.15, 0.2) is 243 Å². The number of fused-ring (bicyclic) bond motifs is 3. The van der Waals surface area contributed by atoms with E-state index in [1.54, 1.807) is 0 Å². The van der Waals surface area contributed by atoms with Crippen molar-refractivity contribution in [1.82, 2.24) is 14.5 Å². The summed E-state index contributed by atoms with van der Waals surface area (Å²) >= 11 is 0. The quantitative estimate of drug-likeness (QED) is 0.108. The molecule has 0 aliphatic rings. The fraction of sp³-hybridized carbons (Fsp3) is 0. The second-order valence-corrected chi connectivity index (χ2v) is 19.9. The lowest BCUT2D eigenvalue weighted by Crippen LogP contribution is -2.74. The maximum Gasteiger partial charge on any atom is 0.235 e. The zero-order valence-electron chi connectivity index (χ0n) is 34.9. The number of nitriles is 1. The van der Waals surface area contributed by atoms with Crippen LogP contribution in [0.1, 0.15) is 5.56 Å². The molecule has 0 fully saturated rings. The van der Waals surface area contributed by atoms with Crippen LogP contribution >= 0.6 is 0 Å². The van der Waals surface area contributed by atoms with Gasteiger partial charge >= 0.3 is 0 Å². The Morgan fingerprint density at radius 1 is 0.344 bits per heavy atom. The second kappa shape index (κ2) is 16.4. The van der Waals surface area contributed by atoms with Gasteiger partial charge in [0.2, 0.25) is 5.95 Å². The Morgan fingerprint density at radius 2 is 0.781 bits per heavy atom. The first-order valence-corrected chi connectivity index (χ1v) is 23.5. The van der Waals surface area contributed by atoms with Crippen LogP contribution in [0.5, 0.6) is 0 Å². The number of rotatable bonds is 9. The summed E-state index contributed by atoms with van der Waals surface area (Å²) in [6.45, 7) is 0. The predicted molar refractivity (Wildman–Crippen MR) is 266 cm³/mol. The Labute approximate surface area is 373 Å². The minimum Gasteiger partial charge on any atom is -0.278 e. The lowest BCUT2D eigenvalue weighted by Gasteiger charge is -2.35. The standard InChI is InChI=1S/C59H40N4Si/c60-41-42-34-35-58-54(36-42)53-32-13-14-33-57(53)63(58)59-61-55(45-22-9-3-10-23-45)40-56(62-59)48-26-17-31-52(39-48)64(49-27-11-4-12-28-49,50-29-15-24-46(37-50)43-18-5-1-6-19-43)51-30-16-25-47(38-51)44-20-7-2-8-21-44/h1-40H. The van der Waals surface area contributed by atoms with Crippen molar-refractivity contribution in [3.05, 3.63) is 248 Å². The molecule has 4 nitrogen and oxygen atoms in total. The molecule has 0 unspecified atom stereocenters. The molecule has 0 spiro atoms. The van der Waals surface area contributed by atoms with Gasteiger partial charge in [-0.3, -0.25) is 4.57 Å². The fourth-order valence-corrected chi connectivity index (χ4v) is 14.3. The van der Waals surface area contributed by atoms with Crippen LogP contribution in [-0.2, 0) is 0 Å². The van der Waals surface area contributed by atoms with Crippen LogP contribution in [0.4, 0.5) is 0 Å². The van der Waals surface area contributed by atoms with Crippen molar-refractivity contribution in [3.63, 3.8) is 0 Å². The molecule has 0 radical (unpaired) electrons. The van der Waals surface area contributed by atoms with Gasteiger partial charge in [-0.25, -0.2) is 9.97 Å². The third-order valence-corrected chi connectivity index (χ3v) is 17.1. The molecule has 0 amide bonds. The number of nitrogens with zero attached hydrogens (tertiary/aromatic N) is 4. The zero-order chi connectivity index (χ0) is 42.9. The average molecular weight is 833 g/mol. The predicted octanol–water partition coefficient (Wildman–Crippen LogP) is 11.5. The molecule has 11 aromatic rings. The molecule has 300 valence electrons. The first-order chi connectivity index (χ1) is 31.7. The van der Waals surface area contributed by atoms with E-state index in [1.165, 1.54) is 43.0 Å². The summed E-state index contributed by atoms with van der Waals surface area (Å²) in [5.74, 6) is 0.565. The zero-order valence-corrected chi connectivity index (χ0v) is 35.9. The number of benzene rings is 9. The molecular weight excluding hydrogens is 793 g/mol. The molecule has 5 heteroatoms. The summed E-state index contributed by atoms with van der Waals surface area (Å²) in [6, 6.07) is 88.9. The summed E-state index contributed by atoms with van der Waals surface area (Å²) < 4.78 is 2.14. The number of hydrogen-bond acceptors (Lipinski definition) is 3. The van der Waals surface area contributed by atoms with E-state index in [-0.39, 0.29) is 0 Å². The van der Waals surface area contributed by atoms with Crippen molar-refractivity contribution in [2.75, 3.05) is 0 Å². The molecule has 0 atom stereocenters. The number of hydrogen-bond donors (Lipinski definition) is 0. The van der Waals surface area contributed by atoms with E-state index in [2.05, 4.69) is 205 Å². The Balaban J connectivity index is 1.19. The molecule has 0 N–H and O–H groups in total. The van der Waals surface area contributed by atoms with Gasteiger partial charge in [0.15, 0.2) is 8.07 Å². The maximum atomic E-state index is 9.87. The summed E-state index contributed by atoms with van der Waals surface area (Å²) in [7, 11) is -3.09. The van der Waals surface area contributed by atoms with Crippen LogP contribution in [-0.4, -0.2) is 22.6 Å². The Hall–Kier alpha value is -8.43. The van der Waals surface area contributed by atoms with Gasteiger partial charge in [-0.1, -0.05) is 212 Å². The van der Waals surface area contributed by atoms with Gasteiger partial charge in [0.05, 0.1) is 34.1 Å². The number of para-hydroxylation sites is 1. The number of aromatic nitrogens is 3. The first-order valence-electron chi connectivity index (χ1n) is 21.5. The third-order valence-electron chi connectivity index (χ3n) is 12.4. The molecule has 0 aliphatic carbocycles. The lowest BCUT2D eigenvalue weighted by molar-refractivity contribution is 0.995. The van der Waals surface area contributed by atoms with Crippen molar-refractivity contribution in [2.45, 2.75) is 0 Å². The highest BCUT2D eigenvalue weighted by Crippen LogP contribution is 2.34. The summed E-state index contributed by atoms with van der Waals surface area (Å²) in [5, 5.41) is 17.0. The molecule has 0 saturated heterocycles. The van der Waals surface area contributed by atoms with Crippen molar-refractivity contribution in [3.8, 4) is 56.8 Å². The molecule has 64 heavy (non-hydrogen) atoms. The van der Waals surface area contributed by atoms with Gasteiger partial charge in [0, 0.05) is 21.9 Å². The van der Waals surface area contributed by atoms with Crippen molar-refractivity contribution >= 4 is 50.6 Å².